The van der Waals surface area contributed by atoms with E-state index in [9.17, 15) is 4.79 Å². The fourth-order valence-electron chi connectivity index (χ4n) is 1.40. The normalized spacial score (nSPS) is 11.4. The van der Waals surface area contributed by atoms with Crippen molar-refractivity contribution in [1.29, 1.82) is 0 Å². The summed E-state index contributed by atoms with van der Waals surface area (Å²) in [6, 6.07) is 10.1. The van der Waals surface area contributed by atoms with E-state index in [1.54, 1.807) is 12.1 Å². The van der Waals surface area contributed by atoms with Crippen LogP contribution in [0.4, 0.5) is 5.69 Å². The largest absolute Gasteiger partial charge is 0.478 e. The Morgan fingerprint density at radius 3 is 2.47 bits per heavy atom. The van der Waals surface area contributed by atoms with Crippen LogP contribution in [-0.2, 0) is 0 Å². The number of hydrazone groups is 1. The molecule has 1 heterocycles. The van der Waals surface area contributed by atoms with Crippen molar-refractivity contribution in [3.63, 3.8) is 0 Å². The maximum absolute atomic E-state index is 10.7. The number of nitrogens with zero attached hydrogens (tertiary/aromatic N) is 1. The molecule has 0 aliphatic heterocycles. The van der Waals surface area contributed by atoms with E-state index in [1.165, 1.54) is 23.5 Å². The van der Waals surface area contributed by atoms with Crippen molar-refractivity contribution < 1.29 is 9.90 Å². The number of anilines is 1. The third-order valence-corrected chi connectivity index (χ3v) is 3.75. The van der Waals surface area contributed by atoms with Gasteiger partial charge in [0.2, 0.25) is 0 Å². The zero-order valence-corrected chi connectivity index (χ0v) is 11.6. The molecule has 0 amide bonds. The lowest BCUT2D eigenvalue weighted by atomic mass is 10.2. The van der Waals surface area contributed by atoms with E-state index < -0.39 is 5.97 Å². The van der Waals surface area contributed by atoms with Crippen molar-refractivity contribution >= 4 is 40.3 Å². The van der Waals surface area contributed by atoms with E-state index in [1.807, 2.05) is 19.1 Å². The molecule has 0 unspecified atom stereocenters. The number of halogens is 1. The van der Waals surface area contributed by atoms with Gasteiger partial charge < -0.3 is 5.11 Å². The average Bonchev–Trinajstić information content (AvgIpc) is 2.83. The predicted octanol–water partition coefficient (Wildman–Crippen LogP) is 3.94. The van der Waals surface area contributed by atoms with Crippen LogP contribution in [0.3, 0.4) is 0 Å². The van der Waals surface area contributed by atoms with Crippen LogP contribution < -0.4 is 5.43 Å². The van der Waals surface area contributed by atoms with Crippen molar-refractivity contribution in [1.82, 2.24) is 0 Å². The molecule has 2 aromatic rings. The first kappa shape index (κ1) is 13.6. The standard InChI is InChI=1S/C13H11ClN2O2S/c1-8(11-6-7-12(14)19-11)15-16-10-4-2-9(3-5-10)13(17)18/h2-7,16H,1H3,(H,17,18)/b15-8+. The number of aromatic carboxylic acids is 1. The molecule has 0 fully saturated rings. The van der Waals surface area contributed by atoms with Crippen molar-refractivity contribution in [2.45, 2.75) is 6.92 Å². The van der Waals surface area contributed by atoms with Crippen molar-refractivity contribution in [3.8, 4) is 0 Å². The highest BCUT2D eigenvalue weighted by Gasteiger charge is 2.03. The first-order valence-electron chi connectivity index (χ1n) is 5.45. The number of hydrogen-bond acceptors (Lipinski definition) is 4. The lowest BCUT2D eigenvalue weighted by Crippen LogP contribution is -1.99. The number of carbonyl (C=O) groups is 1. The number of carboxylic acids is 1. The molecule has 2 rings (SSSR count). The van der Waals surface area contributed by atoms with Gasteiger partial charge in [-0.05, 0) is 43.3 Å². The fraction of sp³-hybridized carbons (Fsp3) is 0.0769. The molecule has 1 aromatic heterocycles. The Morgan fingerprint density at radius 2 is 1.95 bits per heavy atom. The number of hydrogen-bond donors (Lipinski definition) is 2. The highest BCUT2D eigenvalue weighted by molar-refractivity contribution is 7.18. The molecule has 0 saturated carbocycles. The summed E-state index contributed by atoms with van der Waals surface area (Å²) in [5, 5.41) is 13.0. The van der Waals surface area contributed by atoms with Crippen LogP contribution in [0.15, 0.2) is 41.5 Å². The summed E-state index contributed by atoms with van der Waals surface area (Å²) in [5.41, 5.74) is 4.67. The first-order valence-corrected chi connectivity index (χ1v) is 6.65. The third kappa shape index (κ3) is 3.56. The van der Waals surface area contributed by atoms with Crippen LogP contribution in [0, 0.1) is 0 Å². The van der Waals surface area contributed by atoms with Gasteiger partial charge in [0, 0.05) is 0 Å². The van der Waals surface area contributed by atoms with E-state index in [0.29, 0.717) is 0 Å². The Balaban J connectivity index is 2.07. The molecule has 19 heavy (non-hydrogen) atoms. The van der Waals surface area contributed by atoms with Crippen molar-refractivity contribution in [2.75, 3.05) is 5.43 Å². The fourth-order valence-corrected chi connectivity index (χ4v) is 2.39. The SMILES string of the molecule is C/C(=N\Nc1ccc(C(=O)O)cc1)c1ccc(Cl)s1. The second kappa shape index (κ2) is 5.86. The monoisotopic (exact) mass is 294 g/mol. The average molecular weight is 295 g/mol. The Kier molecular flexibility index (Phi) is 4.19. The second-order valence-corrected chi connectivity index (χ2v) is 5.51. The minimum absolute atomic E-state index is 0.247. The highest BCUT2D eigenvalue weighted by Crippen LogP contribution is 2.22. The molecule has 0 radical (unpaired) electrons. The molecular formula is C13H11ClN2O2S. The minimum atomic E-state index is -0.945. The third-order valence-electron chi connectivity index (χ3n) is 2.41. The van der Waals surface area contributed by atoms with Crippen LogP contribution >= 0.6 is 22.9 Å². The second-order valence-electron chi connectivity index (χ2n) is 3.80. The van der Waals surface area contributed by atoms with Crippen LogP contribution in [-0.4, -0.2) is 16.8 Å². The lowest BCUT2D eigenvalue weighted by Gasteiger charge is -2.02. The quantitative estimate of drug-likeness (QED) is 0.663. The summed E-state index contributed by atoms with van der Waals surface area (Å²) in [4.78, 5) is 11.7. The van der Waals surface area contributed by atoms with Gasteiger partial charge in [-0.15, -0.1) is 11.3 Å². The van der Waals surface area contributed by atoms with E-state index in [4.69, 9.17) is 16.7 Å². The Hall–Kier alpha value is -1.85. The van der Waals surface area contributed by atoms with Crippen molar-refractivity contribution in [3.05, 3.63) is 51.2 Å². The number of thiophene rings is 1. The molecule has 0 aliphatic rings. The molecule has 0 spiro atoms. The summed E-state index contributed by atoms with van der Waals surface area (Å²) in [5.74, 6) is -0.945. The van der Waals surface area contributed by atoms with Crippen molar-refractivity contribution in [2.24, 2.45) is 5.10 Å². The predicted molar refractivity (Wildman–Crippen MR) is 78.6 cm³/mol. The van der Waals surface area contributed by atoms with E-state index in [0.717, 1.165) is 20.6 Å². The number of nitrogens with one attached hydrogen (secondary N) is 1. The minimum Gasteiger partial charge on any atom is -0.478 e. The summed E-state index contributed by atoms with van der Waals surface area (Å²) in [6.07, 6.45) is 0. The van der Waals surface area contributed by atoms with Gasteiger partial charge in [-0.1, -0.05) is 11.6 Å². The van der Waals surface area contributed by atoms with Gasteiger partial charge in [-0.25, -0.2) is 4.79 Å². The summed E-state index contributed by atoms with van der Waals surface area (Å²) < 4.78 is 0.718. The lowest BCUT2D eigenvalue weighted by molar-refractivity contribution is 0.0697. The summed E-state index contributed by atoms with van der Waals surface area (Å²) >= 11 is 7.31. The topological polar surface area (TPSA) is 61.7 Å². The number of benzene rings is 1. The Labute approximate surface area is 119 Å². The molecule has 0 saturated heterocycles. The van der Waals surface area contributed by atoms with Gasteiger partial charge in [0.25, 0.3) is 0 Å². The molecule has 98 valence electrons. The summed E-state index contributed by atoms with van der Waals surface area (Å²) in [7, 11) is 0. The molecule has 0 atom stereocenters. The number of carboxylic acid groups (broad SMARTS) is 1. The van der Waals surface area contributed by atoms with E-state index in [2.05, 4.69) is 10.5 Å². The molecule has 6 heteroatoms. The van der Waals surface area contributed by atoms with Gasteiger partial charge in [0.1, 0.15) is 0 Å². The van der Waals surface area contributed by atoms with Crippen LogP contribution in [0.5, 0.6) is 0 Å². The maximum Gasteiger partial charge on any atom is 0.335 e. The Bertz CT molecular complexity index is 620. The zero-order valence-electron chi connectivity index (χ0n) is 10.1. The summed E-state index contributed by atoms with van der Waals surface area (Å²) in [6.45, 7) is 1.88. The van der Waals surface area contributed by atoms with E-state index >= 15 is 0 Å². The molecule has 0 bridgehead atoms. The molecule has 1 aromatic carbocycles. The highest BCUT2D eigenvalue weighted by atomic mass is 35.5. The van der Waals surface area contributed by atoms with Crippen LogP contribution in [0.25, 0.3) is 0 Å². The molecular weight excluding hydrogens is 284 g/mol. The van der Waals surface area contributed by atoms with Gasteiger partial charge in [-0.3, -0.25) is 5.43 Å². The van der Waals surface area contributed by atoms with Gasteiger partial charge in [-0.2, -0.15) is 5.10 Å². The van der Waals surface area contributed by atoms with Crippen LogP contribution in [0.2, 0.25) is 4.34 Å². The molecule has 2 N–H and O–H groups in total. The van der Waals surface area contributed by atoms with Gasteiger partial charge in [0.05, 0.1) is 26.2 Å². The van der Waals surface area contributed by atoms with Gasteiger partial charge >= 0.3 is 5.97 Å². The Morgan fingerprint density at radius 1 is 1.26 bits per heavy atom. The molecule has 0 aliphatic carbocycles. The van der Waals surface area contributed by atoms with Crippen LogP contribution in [0.1, 0.15) is 22.2 Å². The van der Waals surface area contributed by atoms with E-state index in [-0.39, 0.29) is 5.56 Å². The first-order chi connectivity index (χ1) is 9.06. The number of rotatable bonds is 4. The smallest absolute Gasteiger partial charge is 0.335 e. The maximum atomic E-state index is 10.7. The molecule has 4 nitrogen and oxygen atoms in total. The van der Waals surface area contributed by atoms with Gasteiger partial charge in [0.15, 0.2) is 0 Å². The zero-order chi connectivity index (χ0) is 13.8.